The molecule has 2 aromatic carbocycles. The summed E-state index contributed by atoms with van der Waals surface area (Å²) in [4.78, 5) is 12.0. The van der Waals surface area contributed by atoms with Crippen molar-refractivity contribution in [2.24, 2.45) is 0 Å². The van der Waals surface area contributed by atoms with Gasteiger partial charge in [-0.2, -0.15) is 0 Å². The van der Waals surface area contributed by atoms with E-state index in [1.54, 1.807) is 24.3 Å². The molecule has 0 saturated heterocycles. The summed E-state index contributed by atoms with van der Waals surface area (Å²) in [6.45, 7) is 3.74. The van der Waals surface area contributed by atoms with Gasteiger partial charge in [-0.25, -0.2) is 4.39 Å². The van der Waals surface area contributed by atoms with Crippen LogP contribution in [-0.4, -0.2) is 5.78 Å². The summed E-state index contributed by atoms with van der Waals surface area (Å²) >= 11 is 0. The third-order valence-corrected chi connectivity index (χ3v) is 3.24. The number of hydrogen-bond acceptors (Lipinski definition) is 1. The smallest absolute Gasteiger partial charge is 0.156 e. The van der Waals surface area contributed by atoms with Crippen LogP contribution in [0, 0.1) is 5.82 Å². The van der Waals surface area contributed by atoms with Gasteiger partial charge in [-0.1, -0.05) is 54.6 Å². The normalized spacial score (nSPS) is 12.2. The van der Waals surface area contributed by atoms with Crippen molar-refractivity contribution in [2.75, 3.05) is 0 Å². The quantitative estimate of drug-likeness (QED) is 0.550. The van der Waals surface area contributed by atoms with E-state index in [0.717, 1.165) is 11.1 Å². The summed E-state index contributed by atoms with van der Waals surface area (Å²) in [6.07, 6.45) is 5.32. The number of carbonyl (C=O) groups is 1. The van der Waals surface area contributed by atoms with Crippen LogP contribution >= 0.6 is 0 Å². The highest BCUT2D eigenvalue weighted by atomic mass is 19.1. The molecule has 0 saturated carbocycles. The van der Waals surface area contributed by atoms with E-state index < -0.39 is 0 Å². The molecule has 0 aliphatic rings. The van der Waals surface area contributed by atoms with Crippen molar-refractivity contribution in [2.45, 2.75) is 12.3 Å². The van der Waals surface area contributed by atoms with Gasteiger partial charge in [-0.15, -0.1) is 6.58 Å². The zero-order valence-corrected chi connectivity index (χ0v) is 11.7. The van der Waals surface area contributed by atoms with Gasteiger partial charge < -0.3 is 0 Å². The Labute approximate surface area is 124 Å². The van der Waals surface area contributed by atoms with E-state index in [1.807, 2.05) is 36.4 Å². The Hall–Kier alpha value is -2.48. The Balaban J connectivity index is 2.03. The first kappa shape index (κ1) is 14.9. The molecule has 0 aromatic heterocycles. The van der Waals surface area contributed by atoms with Crippen molar-refractivity contribution in [3.8, 4) is 0 Å². The van der Waals surface area contributed by atoms with E-state index in [-0.39, 0.29) is 23.9 Å². The van der Waals surface area contributed by atoms with Crippen LogP contribution in [0.3, 0.4) is 0 Å². The van der Waals surface area contributed by atoms with Gasteiger partial charge >= 0.3 is 0 Å². The predicted molar refractivity (Wildman–Crippen MR) is 84.4 cm³/mol. The molecule has 0 radical (unpaired) electrons. The minimum absolute atomic E-state index is 0.00647. The Morgan fingerprint density at radius 1 is 1.14 bits per heavy atom. The monoisotopic (exact) mass is 280 g/mol. The van der Waals surface area contributed by atoms with Crippen LogP contribution < -0.4 is 0 Å². The first-order chi connectivity index (χ1) is 10.2. The second kappa shape index (κ2) is 7.34. The number of allylic oxidation sites excluding steroid dienone is 2. The van der Waals surface area contributed by atoms with Gasteiger partial charge in [0.15, 0.2) is 5.78 Å². The summed E-state index contributed by atoms with van der Waals surface area (Å²) in [7, 11) is 0. The van der Waals surface area contributed by atoms with E-state index in [4.69, 9.17) is 0 Å². The minimum atomic E-state index is -0.299. The molecule has 106 valence electrons. The molecule has 2 heteroatoms. The Morgan fingerprint density at radius 2 is 1.90 bits per heavy atom. The maximum Gasteiger partial charge on any atom is 0.156 e. The van der Waals surface area contributed by atoms with Crippen molar-refractivity contribution in [1.29, 1.82) is 0 Å². The molecule has 0 bridgehead atoms. The van der Waals surface area contributed by atoms with Crippen LogP contribution in [0.2, 0.25) is 0 Å². The molecule has 0 unspecified atom stereocenters. The van der Waals surface area contributed by atoms with Crippen LogP contribution in [0.1, 0.15) is 23.5 Å². The molecule has 0 heterocycles. The number of ketones is 1. The first-order valence-corrected chi connectivity index (χ1v) is 6.83. The first-order valence-electron chi connectivity index (χ1n) is 6.83. The molecule has 21 heavy (non-hydrogen) atoms. The molecule has 2 aromatic rings. The highest BCUT2D eigenvalue weighted by Crippen LogP contribution is 2.22. The fraction of sp³-hybridized carbons (Fsp3) is 0.105. The van der Waals surface area contributed by atoms with Crippen LogP contribution in [0.15, 0.2) is 73.3 Å². The molecular weight excluding hydrogens is 263 g/mol. The van der Waals surface area contributed by atoms with Gasteiger partial charge in [-0.05, 0) is 29.3 Å². The molecule has 0 aliphatic carbocycles. The average Bonchev–Trinajstić information content (AvgIpc) is 2.51. The molecule has 0 aliphatic heterocycles. The second-order valence-corrected chi connectivity index (χ2v) is 4.81. The zero-order valence-electron chi connectivity index (χ0n) is 11.7. The van der Waals surface area contributed by atoms with Gasteiger partial charge in [0.05, 0.1) is 0 Å². The number of hydrogen-bond donors (Lipinski definition) is 0. The molecular formula is C19H17FO. The van der Waals surface area contributed by atoms with Crippen molar-refractivity contribution in [1.82, 2.24) is 0 Å². The van der Waals surface area contributed by atoms with Crippen LogP contribution in [-0.2, 0) is 4.79 Å². The van der Waals surface area contributed by atoms with Crippen LogP contribution in [0.4, 0.5) is 4.39 Å². The topological polar surface area (TPSA) is 17.1 Å². The highest BCUT2D eigenvalue weighted by Gasteiger charge is 2.11. The summed E-state index contributed by atoms with van der Waals surface area (Å²) in [6, 6.07) is 15.9. The SMILES string of the molecule is C=C[C@H](CC(=O)/C=C/c1ccccc1)c1cccc(F)c1. The molecule has 0 spiro atoms. The van der Waals surface area contributed by atoms with Gasteiger partial charge in [0, 0.05) is 12.3 Å². The Kier molecular flexibility index (Phi) is 5.22. The minimum Gasteiger partial charge on any atom is -0.295 e. The number of carbonyl (C=O) groups excluding carboxylic acids is 1. The average molecular weight is 280 g/mol. The molecule has 0 fully saturated rings. The summed E-state index contributed by atoms with van der Waals surface area (Å²) in [5.74, 6) is -0.478. The van der Waals surface area contributed by atoms with Gasteiger partial charge in [0.2, 0.25) is 0 Å². The third kappa shape index (κ3) is 4.53. The largest absolute Gasteiger partial charge is 0.295 e. The van der Waals surface area contributed by atoms with Crippen molar-refractivity contribution < 1.29 is 9.18 Å². The lowest BCUT2D eigenvalue weighted by atomic mass is 9.93. The lowest BCUT2D eigenvalue weighted by Crippen LogP contribution is -2.03. The van der Waals surface area contributed by atoms with Gasteiger partial charge in [-0.3, -0.25) is 4.79 Å². The molecule has 0 amide bonds. The standard InChI is InChI=1S/C19H17FO/c1-2-16(17-9-6-10-18(20)13-17)14-19(21)12-11-15-7-4-3-5-8-15/h2-13,16H,1,14H2/b12-11+/t16-/m1/s1. The molecule has 1 nitrogen and oxygen atoms in total. The Bertz CT molecular complexity index is 644. The molecule has 1 atom stereocenters. The maximum absolute atomic E-state index is 13.2. The fourth-order valence-electron chi connectivity index (χ4n) is 2.11. The van der Waals surface area contributed by atoms with E-state index in [9.17, 15) is 9.18 Å². The lowest BCUT2D eigenvalue weighted by Gasteiger charge is -2.10. The van der Waals surface area contributed by atoms with E-state index in [0.29, 0.717) is 0 Å². The predicted octanol–water partition coefficient (Wildman–Crippen LogP) is 4.77. The summed E-state index contributed by atoms with van der Waals surface area (Å²) < 4.78 is 13.2. The summed E-state index contributed by atoms with van der Waals surface area (Å²) in [5, 5.41) is 0. The number of benzene rings is 2. The van der Waals surface area contributed by atoms with Crippen LogP contribution in [0.5, 0.6) is 0 Å². The van der Waals surface area contributed by atoms with E-state index >= 15 is 0 Å². The van der Waals surface area contributed by atoms with E-state index in [2.05, 4.69) is 6.58 Å². The highest BCUT2D eigenvalue weighted by molar-refractivity contribution is 5.94. The zero-order chi connectivity index (χ0) is 15.1. The summed E-state index contributed by atoms with van der Waals surface area (Å²) in [5.41, 5.74) is 1.75. The maximum atomic E-state index is 13.2. The van der Waals surface area contributed by atoms with Gasteiger partial charge in [0.1, 0.15) is 5.82 Å². The van der Waals surface area contributed by atoms with Gasteiger partial charge in [0.25, 0.3) is 0 Å². The molecule has 0 N–H and O–H groups in total. The second-order valence-electron chi connectivity index (χ2n) is 4.81. The van der Waals surface area contributed by atoms with Crippen molar-refractivity contribution in [3.63, 3.8) is 0 Å². The van der Waals surface area contributed by atoms with Crippen molar-refractivity contribution in [3.05, 3.63) is 90.3 Å². The number of halogens is 1. The number of rotatable bonds is 6. The van der Waals surface area contributed by atoms with Crippen LogP contribution in [0.25, 0.3) is 6.08 Å². The third-order valence-electron chi connectivity index (χ3n) is 3.24. The lowest BCUT2D eigenvalue weighted by molar-refractivity contribution is -0.114. The van der Waals surface area contributed by atoms with Crippen molar-refractivity contribution >= 4 is 11.9 Å². The Morgan fingerprint density at radius 3 is 2.57 bits per heavy atom. The van der Waals surface area contributed by atoms with E-state index in [1.165, 1.54) is 12.1 Å². The fourth-order valence-corrected chi connectivity index (χ4v) is 2.11. The molecule has 2 rings (SSSR count).